The van der Waals surface area contributed by atoms with Crippen LogP contribution in [0.2, 0.25) is 0 Å². The average Bonchev–Trinajstić information content (AvgIpc) is 2.51. The second-order valence-electron chi connectivity index (χ2n) is 4.20. The van der Waals surface area contributed by atoms with Gasteiger partial charge in [-0.3, -0.25) is 4.79 Å². The number of esters is 1. The number of imidazole rings is 1. The lowest BCUT2D eigenvalue weighted by Gasteiger charge is -2.18. The normalized spacial score (nSPS) is 11.4. The summed E-state index contributed by atoms with van der Waals surface area (Å²) in [6.07, 6.45) is 3.49. The number of hydrogen-bond donors (Lipinski definition) is 0. The summed E-state index contributed by atoms with van der Waals surface area (Å²) in [5, 5.41) is 0. The van der Waals surface area contributed by atoms with E-state index in [2.05, 4.69) is 30.5 Å². The van der Waals surface area contributed by atoms with Crippen LogP contribution < -0.4 is 0 Å². The van der Waals surface area contributed by atoms with Crippen LogP contribution in [0, 0.1) is 0 Å². The van der Waals surface area contributed by atoms with E-state index < -0.39 is 0 Å². The first-order valence-electron chi connectivity index (χ1n) is 4.53. The first-order chi connectivity index (χ1) is 6.45. The molecular formula is C10H16N2O2. The minimum absolute atomic E-state index is 0.0580. The Morgan fingerprint density at radius 3 is 2.71 bits per heavy atom. The Morgan fingerprint density at radius 2 is 2.21 bits per heavy atom. The van der Waals surface area contributed by atoms with E-state index in [9.17, 15) is 4.79 Å². The van der Waals surface area contributed by atoms with Crippen molar-refractivity contribution in [2.75, 3.05) is 7.11 Å². The van der Waals surface area contributed by atoms with Crippen molar-refractivity contribution in [3.05, 3.63) is 18.2 Å². The van der Waals surface area contributed by atoms with E-state index in [0.717, 1.165) is 5.82 Å². The zero-order chi connectivity index (χ0) is 10.8. The third-order valence-corrected chi connectivity index (χ3v) is 1.91. The van der Waals surface area contributed by atoms with E-state index in [-0.39, 0.29) is 17.9 Å². The summed E-state index contributed by atoms with van der Waals surface area (Å²) in [6.45, 7) is 6.40. The van der Waals surface area contributed by atoms with Gasteiger partial charge in [-0.2, -0.15) is 0 Å². The average molecular weight is 196 g/mol. The molecule has 0 saturated carbocycles. The number of carbonyl (C=O) groups excluding carboxylic acids is 1. The maximum absolute atomic E-state index is 11.1. The second kappa shape index (κ2) is 3.82. The van der Waals surface area contributed by atoms with Gasteiger partial charge < -0.3 is 9.30 Å². The maximum atomic E-state index is 11.1. The van der Waals surface area contributed by atoms with Crippen molar-refractivity contribution in [2.45, 2.75) is 32.7 Å². The highest BCUT2D eigenvalue weighted by atomic mass is 16.5. The minimum atomic E-state index is -0.256. The summed E-state index contributed by atoms with van der Waals surface area (Å²) in [6, 6.07) is 0. The molecule has 1 heterocycles. The van der Waals surface area contributed by atoms with Gasteiger partial charge >= 0.3 is 5.97 Å². The van der Waals surface area contributed by atoms with Crippen molar-refractivity contribution < 1.29 is 9.53 Å². The summed E-state index contributed by atoms with van der Waals surface area (Å²) in [5.41, 5.74) is -0.0580. The van der Waals surface area contributed by atoms with Crippen LogP contribution in [0.1, 0.15) is 26.6 Å². The molecule has 4 nitrogen and oxygen atoms in total. The fourth-order valence-electron chi connectivity index (χ4n) is 1.28. The van der Waals surface area contributed by atoms with Crippen LogP contribution in [-0.2, 0) is 21.5 Å². The molecule has 78 valence electrons. The Morgan fingerprint density at radius 1 is 1.57 bits per heavy atom. The van der Waals surface area contributed by atoms with Gasteiger partial charge in [0.1, 0.15) is 12.4 Å². The Balaban J connectivity index is 2.88. The lowest BCUT2D eigenvalue weighted by atomic mass is 9.96. The predicted octanol–water partition coefficient (Wildman–Crippen LogP) is 1.35. The first-order valence-corrected chi connectivity index (χ1v) is 4.53. The predicted molar refractivity (Wildman–Crippen MR) is 52.9 cm³/mol. The molecule has 0 aliphatic carbocycles. The highest BCUT2D eigenvalue weighted by Gasteiger charge is 2.20. The number of nitrogens with zero attached hydrogens (tertiary/aromatic N) is 2. The first kappa shape index (κ1) is 10.8. The minimum Gasteiger partial charge on any atom is -0.468 e. The molecule has 0 bridgehead atoms. The summed E-state index contributed by atoms with van der Waals surface area (Å²) < 4.78 is 6.41. The molecule has 0 N–H and O–H groups in total. The standard InChI is InChI=1S/C10H16N2O2/c1-10(2,3)9-11-5-6-12(9)7-8(13)14-4/h5-6H,7H2,1-4H3. The molecule has 0 spiro atoms. The van der Waals surface area contributed by atoms with Crippen molar-refractivity contribution in [1.82, 2.24) is 9.55 Å². The lowest BCUT2D eigenvalue weighted by Crippen LogP contribution is -2.22. The molecule has 0 amide bonds. The van der Waals surface area contributed by atoms with Gasteiger partial charge in [0.05, 0.1) is 7.11 Å². The third-order valence-electron chi connectivity index (χ3n) is 1.91. The molecule has 4 heteroatoms. The monoisotopic (exact) mass is 196 g/mol. The number of aromatic nitrogens is 2. The zero-order valence-corrected chi connectivity index (χ0v) is 9.07. The van der Waals surface area contributed by atoms with Gasteiger partial charge in [-0.05, 0) is 0 Å². The Hall–Kier alpha value is -1.32. The van der Waals surface area contributed by atoms with E-state index in [1.807, 2.05) is 4.57 Å². The highest BCUT2D eigenvalue weighted by Crippen LogP contribution is 2.19. The van der Waals surface area contributed by atoms with E-state index in [1.165, 1.54) is 7.11 Å². The van der Waals surface area contributed by atoms with Gasteiger partial charge in [0.25, 0.3) is 0 Å². The number of carbonyl (C=O) groups is 1. The van der Waals surface area contributed by atoms with Crippen LogP contribution in [-0.4, -0.2) is 22.6 Å². The molecule has 0 aliphatic rings. The van der Waals surface area contributed by atoms with Crippen molar-refractivity contribution >= 4 is 5.97 Å². The SMILES string of the molecule is COC(=O)Cn1ccnc1C(C)(C)C. The molecule has 0 atom stereocenters. The number of rotatable bonds is 2. The van der Waals surface area contributed by atoms with Gasteiger partial charge in [-0.15, -0.1) is 0 Å². The van der Waals surface area contributed by atoms with Gasteiger partial charge in [0.15, 0.2) is 0 Å². The van der Waals surface area contributed by atoms with Crippen molar-refractivity contribution in [3.63, 3.8) is 0 Å². The van der Waals surface area contributed by atoms with Crippen molar-refractivity contribution in [2.24, 2.45) is 0 Å². The van der Waals surface area contributed by atoms with Crippen LogP contribution in [0.4, 0.5) is 0 Å². The molecule has 0 aromatic carbocycles. The number of hydrogen-bond acceptors (Lipinski definition) is 3. The van der Waals surface area contributed by atoms with Crippen LogP contribution in [0.15, 0.2) is 12.4 Å². The molecule has 0 aliphatic heterocycles. The molecular weight excluding hydrogens is 180 g/mol. The van der Waals surface area contributed by atoms with E-state index in [1.54, 1.807) is 12.4 Å². The van der Waals surface area contributed by atoms with E-state index in [4.69, 9.17) is 0 Å². The molecule has 0 unspecified atom stereocenters. The molecule has 1 rings (SSSR count). The Kier molecular flexibility index (Phi) is 2.93. The van der Waals surface area contributed by atoms with Crippen LogP contribution in [0.5, 0.6) is 0 Å². The third kappa shape index (κ3) is 2.34. The quantitative estimate of drug-likeness (QED) is 0.671. The van der Waals surface area contributed by atoms with Crippen LogP contribution in [0.3, 0.4) is 0 Å². The van der Waals surface area contributed by atoms with Crippen LogP contribution in [0.25, 0.3) is 0 Å². The Bertz CT molecular complexity index is 323. The molecule has 0 radical (unpaired) electrons. The fraction of sp³-hybridized carbons (Fsp3) is 0.600. The topological polar surface area (TPSA) is 44.1 Å². The van der Waals surface area contributed by atoms with Gasteiger partial charge in [0, 0.05) is 17.8 Å². The second-order valence-corrected chi connectivity index (χ2v) is 4.20. The molecule has 0 fully saturated rings. The molecule has 0 saturated heterocycles. The Labute approximate surface area is 83.9 Å². The van der Waals surface area contributed by atoms with Crippen LogP contribution >= 0.6 is 0 Å². The highest BCUT2D eigenvalue weighted by molar-refractivity contribution is 5.69. The van der Waals surface area contributed by atoms with Crippen molar-refractivity contribution in [3.8, 4) is 0 Å². The zero-order valence-electron chi connectivity index (χ0n) is 9.07. The summed E-state index contributed by atoms with van der Waals surface area (Å²) >= 11 is 0. The summed E-state index contributed by atoms with van der Waals surface area (Å²) in [5.74, 6) is 0.636. The van der Waals surface area contributed by atoms with Gasteiger partial charge in [-0.25, -0.2) is 4.98 Å². The smallest absolute Gasteiger partial charge is 0.325 e. The lowest BCUT2D eigenvalue weighted by molar-refractivity contribution is -0.141. The number of ether oxygens (including phenoxy) is 1. The summed E-state index contributed by atoms with van der Waals surface area (Å²) in [4.78, 5) is 15.3. The molecule has 1 aromatic rings. The van der Waals surface area contributed by atoms with Crippen molar-refractivity contribution in [1.29, 1.82) is 0 Å². The van der Waals surface area contributed by atoms with E-state index in [0.29, 0.717) is 0 Å². The summed E-state index contributed by atoms with van der Waals surface area (Å²) in [7, 11) is 1.38. The van der Waals surface area contributed by atoms with E-state index >= 15 is 0 Å². The number of methoxy groups -OCH3 is 1. The largest absolute Gasteiger partial charge is 0.468 e. The van der Waals surface area contributed by atoms with Gasteiger partial charge in [-0.1, -0.05) is 20.8 Å². The maximum Gasteiger partial charge on any atom is 0.325 e. The van der Waals surface area contributed by atoms with Gasteiger partial charge in [0.2, 0.25) is 0 Å². The fourth-order valence-corrected chi connectivity index (χ4v) is 1.28. The molecule has 1 aromatic heterocycles. The molecule has 14 heavy (non-hydrogen) atoms.